The van der Waals surface area contributed by atoms with E-state index in [2.05, 4.69) is 14.9 Å². The van der Waals surface area contributed by atoms with Crippen molar-refractivity contribution in [2.24, 2.45) is 11.8 Å². The summed E-state index contributed by atoms with van der Waals surface area (Å²) in [6.07, 6.45) is -1.64. The molecular weight excluding hydrogens is 359 g/mol. The van der Waals surface area contributed by atoms with Crippen LogP contribution >= 0.6 is 0 Å². The Hall–Kier alpha value is -1.65. The number of aromatic amines is 1. The molecule has 4 atom stereocenters. The molecule has 4 rings (SSSR count). The Morgan fingerprint density at radius 3 is 2.52 bits per heavy atom. The molecule has 1 heterocycles. The first-order valence-corrected chi connectivity index (χ1v) is 9.62. The maximum Gasteiger partial charge on any atom is 0.416 e. The van der Waals surface area contributed by atoms with Crippen LogP contribution in [0.5, 0.6) is 0 Å². The minimum atomic E-state index is -4.54. The number of sulfonamides is 1. The quantitative estimate of drug-likeness (QED) is 0.761. The zero-order valence-electron chi connectivity index (χ0n) is 13.1. The van der Waals surface area contributed by atoms with Crippen LogP contribution in [-0.2, 0) is 21.8 Å². The van der Waals surface area contributed by atoms with Crippen LogP contribution in [0.3, 0.4) is 0 Å². The average Bonchev–Trinajstić information content (AvgIpc) is 2.89. The third-order valence-corrected chi connectivity index (χ3v) is 5.92. The van der Waals surface area contributed by atoms with Crippen molar-refractivity contribution < 1.29 is 26.7 Å². The van der Waals surface area contributed by atoms with Crippen LogP contribution in [-0.4, -0.2) is 36.0 Å². The van der Waals surface area contributed by atoms with Gasteiger partial charge < -0.3 is 5.11 Å². The number of hydrogen-bond acceptors (Lipinski definition) is 4. The summed E-state index contributed by atoms with van der Waals surface area (Å²) >= 11 is 0. The number of H-pyrrole nitrogens is 1. The van der Waals surface area contributed by atoms with Gasteiger partial charge in [0.05, 0.1) is 29.1 Å². The number of aliphatic hydroxyl groups is 1. The standard InChI is InChI=1S/C15H16F3N3O3S/c1-25(23,24)21-13-8-4-14(22,5-9(8)13)11-2-7(15(16,17)18)3-12-10(11)6-19-20-12/h2-3,6,8-9,13,21-22H,4-5H2,1H3,(H,19,20)/t8-,9+,13-,14+. The number of halogens is 3. The van der Waals surface area contributed by atoms with Crippen LogP contribution in [0.4, 0.5) is 13.2 Å². The molecule has 2 aromatic rings. The second-order valence-electron chi connectivity index (χ2n) is 7.04. The molecule has 0 saturated heterocycles. The predicted octanol–water partition coefficient (Wildman–Crippen LogP) is 1.73. The Kier molecular flexibility index (Phi) is 3.33. The first kappa shape index (κ1) is 16.8. The fraction of sp³-hybridized carbons (Fsp3) is 0.533. The molecule has 10 heteroatoms. The summed E-state index contributed by atoms with van der Waals surface area (Å²) in [5.74, 6) is -0.146. The van der Waals surface area contributed by atoms with E-state index in [0.29, 0.717) is 5.39 Å². The van der Waals surface area contributed by atoms with Crippen molar-refractivity contribution in [3.63, 3.8) is 0 Å². The highest BCUT2D eigenvalue weighted by Gasteiger charge is 2.62. The second kappa shape index (κ2) is 4.95. The molecule has 3 N–H and O–H groups in total. The maximum atomic E-state index is 13.2. The smallest absolute Gasteiger partial charge is 0.385 e. The van der Waals surface area contributed by atoms with Gasteiger partial charge in [0.15, 0.2) is 0 Å². The molecule has 0 aliphatic heterocycles. The van der Waals surface area contributed by atoms with E-state index < -0.39 is 27.4 Å². The van der Waals surface area contributed by atoms with Crippen molar-refractivity contribution in [1.82, 2.24) is 14.9 Å². The summed E-state index contributed by atoms with van der Waals surface area (Å²) in [6, 6.07) is 1.70. The van der Waals surface area contributed by atoms with Gasteiger partial charge in [-0.1, -0.05) is 0 Å². The molecule has 2 saturated carbocycles. The van der Waals surface area contributed by atoms with E-state index in [4.69, 9.17) is 0 Å². The van der Waals surface area contributed by atoms with Gasteiger partial charge in [-0.05, 0) is 42.4 Å². The first-order chi connectivity index (χ1) is 11.5. The number of alkyl halides is 3. The van der Waals surface area contributed by atoms with Crippen LogP contribution in [0, 0.1) is 11.8 Å². The minimum Gasteiger partial charge on any atom is -0.385 e. The van der Waals surface area contributed by atoms with Gasteiger partial charge in [0, 0.05) is 11.4 Å². The van der Waals surface area contributed by atoms with Crippen molar-refractivity contribution in [3.05, 3.63) is 29.5 Å². The third-order valence-electron chi connectivity index (χ3n) is 5.22. The molecule has 0 unspecified atom stereocenters. The number of fused-ring (bicyclic) bond motifs is 2. The van der Waals surface area contributed by atoms with E-state index in [-0.39, 0.29) is 41.8 Å². The first-order valence-electron chi connectivity index (χ1n) is 7.72. The summed E-state index contributed by atoms with van der Waals surface area (Å²) in [4.78, 5) is 0. The Bertz CT molecular complexity index is 942. The lowest BCUT2D eigenvalue weighted by Crippen LogP contribution is -2.33. The van der Waals surface area contributed by atoms with Crippen molar-refractivity contribution in [1.29, 1.82) is 0 Å². The monoisotopic (exact) mass is 375 g/mol. The molecule has 25 heavy (non-hydrogen) atoms. The lowest BCUT2D eigenvalue weighted by molar-refractivity contribution is -0.137. The Labute approximate surface area is 141 Å². The van der Waals surface area contributed by atoms with Gasteiger partial charge >= 0.3 is 6.18 Å². The predicted molar refractivity (Wildman–Crippen MR) is 83.0 cm³/mol. The number of nitrogens with zero attached hydrogens (tertiary/aromatic N) is 1. The molecule has 0 amide bonds. The summed E-state index contributed by atoms with van der Waals surface area (Å²) in [6.45, 7) is 0. The fourth-order valence-corrected chi connectivity index (χ4v) is 4.95. The van der Waals surface area contributed by atoms with Gasteiger partial charge in [0.1, 0.15) is 0 Å². The lowest BCUT2D eigenvalue weighted by Gasteiger charge is -2.28. The fourth-order valence-electron chi connectivity index (χ4n) is 4.11. The molecular formula is C15H16F3N3O3S. The second-order valence-corrected chi connectivity index (χ2v) is 8.82. The number of nitrogens with one attached hydrogen (secondary N) is 2. The Balaban J connectivity index is 1.68. The molecule has 2 aliphatic carbocycles. The number of aromatic nitrogens is 2. The topological polar surface area (TPSA) is 95.1 Å². The van der Waals surface area contributed by atoms with Crippen molar-refractivity contribution in [2.45, 2.75) is 30.7 Å². The molecule has 1 aromatic carbocycles. The molecule has 0 spiro atoms. The van der Waals surface area contributed by atoms with Crippen molar-refractivity contribution in [3.8, 4) is 0 Å². The van der Waals surface area contributed by atoms with Crippen LogP contribution in [0.1, 0.15) is 24.0 Å². The van der Waals surface area contributed by atoms with Gasteiger partial charge in [-0.3, -0.25) is 5.10 Å². The minimum absolute atomic E-state index is 0.0729. The molecule has 0 radical (unpaired) electrons. The molecule has 2 fully saturated rings. The van der Waals surface area contributed by atoms with Gasteiger partial charge in [-0.25, -0.2) is 13.1 Å². The largest absolute Gasteiger partial charge is 0.416 e. The van der Waals surface area contributed by atoms with E-state index in [1.807, 2.05) is 0 Å². The summed E-state index contributed by atoms with van der Waals surface area (Å²) < 4.78 is 64.6. The van der Waals surface area contributed by atoms with E-state index >= 15 is 0 Å². The highest BCUT2D eigenvalue weighted by Crippen LogP contribution is 2.60. The molecule has 1 aromatic heterocycles. The average molecular weight is 375 g/mol. The van der Waals surface area contributed by atoms with Crippen LogP contribution < -0.4 is 4.72 Å². The zero-order chi connectivity index (χ0) is 18.2. The Morgan fingerprint density at radius 2 is 1.96 bits per heavy atom. The van der Waals surface area contributed by atoms with Gasteiger partial charge in [-0.15, -0.1) is 0 Å². The summed E-state index contributed by atoms with van der Waals surface area (Å²) in [5.41, 5.74) is -1.87. The zero-order valence-corrected chi connectivity index (χ0v) is 13.9. The highest BCUT2D eigenvalue weighted by molar-refractivity contribution is 7.88. The van der Waals surface area contributed by atoms with Gasteiger partial charge in [0.2, 0.25) is 10.0 Å². The number of rotatable bonds is 3. The maximum absolute atomic E-state index is 13.2. The number of hydrogen-bond donors (Lipinski definition) is 3. The SMILES string of the molecule is CS(=O)(=O)N[C@@H]1[C@@H]2C[C@@](O)(c3cc(C(F)(F)F)cc4[nH]ncc34)C[C@@H]21. The number of benzene rings is 1. The van der Waals surface area contributed by atoms with Crippen LogP contribution in [0.2, 0.25) is 0 Å². The Morgan fingerprint density at radius 1 is 1.32 bits per heavy atom. The van der Waals surface area contributed by atoms with Crippen LogP contribution in [0.25, 0.3) is 10.9 Å². The molecule has 6 nitrogen and oxygen atoms in total. The van der Waals surface area contributed by atoms with E-state index in [1.165, 1.54) is 6.20 Å². The van der Waals surface area contributed by atoms with Gasteiger partial charge in [-0.2, -0.15) is 18.3 Å². The van der Waals surface area contributed by atoms with E-state index in [1.54, 1.807) is 0 Å². The highest BCUT2D eigenvalue weighted by atomic mass is 32.2. The molecule has 136 valence electrons. The molecule has 2 aliphatic rings. The van der Waals surface area contributed by atoms with Gasteiger partial charge in [0.25, 0.3) is 0 Å². The van der Waals surface area contributed by atoms with E-state index in [0.717, 1.165) is 18.4 Å². The normalized spacial score (nSPS) is 32.1. The molecule has 0 bridgehead atoms. The van der Waals surface area contributed by atoms with Crippen molar-refractivity contribution >= 4 is 20.9 Å². The van der Waals surface area contributed by atoms with Crippen LogP contribution in [0.15, 0.2) is 18.3 Å². The van der Waals surface area contributed by atoms with Crippen molar-refractivity contribution in [2.75, 3.05) is 6.26 Å². The third kappa shape index (κ3) is 2.81. The summed E-state index contributed by atoms with van der Waals surface area (Å²) in [7, 11) is -3.35. The summed E-state index contributed by atoms with van der Waals surface area (Å²) in [5, 5.41) is 17.8. The van der Waals surface area contributed by atoms with E-state index in [9.17, 15) is 26.7 Å². The lowest BCUT2D eigenvalue weighted by atomic mass is 9.85.